The van der Waals surface area contributed by atoms with Crippen molar-refractivity contribution in [2.75, 3.05) is 45.2 Å². The number of nitrogens with zero attached hydrogens (tertiary/aromatic N) is 6. The Balaban J connectivity index is 0.00000364. The van der Waals surface area contributed by atoms with Crippen LogP contribution in [0.3, 0.4) is 0 Å². The summed E-state index contributed by atoms with van der Waals surface area (Å²) in [6.45, 7) is 5.59. The molecule has 152 valence electrons. The van der Waals surface area contributed by atoms with Crippen molar-refractivity contribution >= 4 is 47.4 Å². The fourth-order valence-electron chi connectivity index (χ4n) is 2.52. The highest BCUT2D eigenvalue weighted by Crippen LogP contribution is 2.16. The zero-order valence-corrected chi connectivity index (χ0v) is 19.0. The summed E-state index contributed by atoms with van der Waals surface area (Å²) in [5.74, 6) is 0.518. The van der Waals surface area contributed by atoms with Crippen LogP contribution in [0, 0.1) is 0 Å². The quantitative estimate of drug-likeness (QED) is 0.369. The lowest BCUT2D eigenvalue weighted by Gasteiger charge is -2.36. The summed E-state index contributed by atoms with van der Waals surface area (Å²) in [5, 5.41) is 7.46. The predicted octanol–water partition coefficient (Wildman–Crippen LogP) is 0.519. The number of aliphatic imine (C=N–C) groups is 1. The molecular formula is C17H30IN7O2. The Labute approximate surface area is 177 Å². The first kappa shape index (κ1) is 23.2. The standard InChI is InChI=1S/C17H29N7O2.HI/c1-6-13(2)20-17(18-10-15(25)21(3)4)23-7-8-24(16(26)12-23)14-9-19-22(5)11-14;/h9,11,13H,6-8,10,12H2,1-5H3,(H,18,20);1H. The zero-order valence-electron chi connectivity index (χ0n) is 16.7. The number of hydrogen-bond donors (Lipinski definition) is 1. The second-order valence-electron chi connectivity index (χ2n) is 6.72. The van der Waals surface area contributed by atoms with Gasteiger partial charge in [0.15, 0.2) is 5.96 Å². The smallest absolute Gasteiger partial charge is 0.246 e. The van der Waals surface area contributed by atoms with Crippen LogP contribution in [-0.4, -0.2) is 83.7 Å². The molecule has 0 saturated carbocycles. The van der Waals surface area contributed by atoms with Gasteiger partial charge in [-0.25, -0.2) is 4.99 Å². The van der Waals surface area contributed by atoms with E-state index < -0.39 is 0 Å². The lowest BCUT2D eigenvalue weighted by Crippen LogP contribution is -2.56. The molecule has 1 saturated heterocycles. The van der Waals surface area contributed by atoms with Gasteiger partial charge in [0.1, 0.15) is 13.1 Å². The maximum atomic E-state index is 12.6. The van der Waals surface area contributed by atoms with E-state index in [-0.39, 0.29) is 54.9 Å². The molecule has 0 aliphatic carbocycles. The summed E-state index contributed by atoms with van der Waals surface area (Å²) in [7, 11) is 5.23. The first-order valence-electron chi connectivity index (χ1n) is 8.87. The van der Waals surface area contributed by atoms with E-state index in [9.17, 15) is 9.59 Å². The number of aromatic nitrogens is 2. The molecule has 0 aromatic carbocycles. The van der Waals surface area contributed by atoms with Crippen LogP contribution in [0.2, 0.25) is 0 Å². The van der Waals surface area contributed by atoms with Crippen LogP contribution in [0.15, 0.2) is 17.4 Å². The van der Waals surface area contributed by atoms with Crippen LogP contribution in [0.1, 0.15) is 20.3 Å². The second kappa shape index (κ2) is 10.5. The maximum absolute atomic E-state index is 12.6. The van der Waals surface area contributed by atoms with Crippen molar-refractivity contribution in [3.05, 3.63) is 12.4 Å². The van der Waals surface area contributed by atoms with Crippen molar-refractivity contribution < 1.29 is 9.59 Å². The first-order chi connectivity index (χ1) is 12.3. The molecule has 9 nitrogen and oxygen atoms in total. The molecule has 0 radical (unpaired) electrons. The first-order valence-corrected chi connectivity index (χ1v) is 8.87. The fraction of sp³-hybridized carbons (Fsp3) is 0.647. The number of carbonyl (C=O) groups is 2. The van der Waals surface area contributed by atoms with Crippen LogP contribution in [0.4, 0.5) is 5.69 Å². The van der Waals surface area contributed by atoms with Crippen LogP contribution in [0.5, 0.6) is 0 Å². The zero-order chi connectivity index (χ0) is 19.3. The molecule has 1 aliphatic rings. The number of amides is 2. The molecule has 1 aromatic heterocycles. The predicted molar refractivity (Wildman–Crippen MR) is 116 cm³/mol. The third-order valence-electron chi connectivity index (χ3n) is 4.37. The lowest BCUT2D eigenvalue weighted by molar-refractivity contribution is -0.127. The number of piperazine rings is 1. The molecule has 2 amide bonds. The van der Waals surface area contributed by atoms with Crippen LogP contribution in [-0.2, 0) is 16.6 Å². The largest absolute Gasteiger partial charge is 0.354 e. The minimum absolute atomic E-state index is 0. The molecule has 27 heavy (non-hydrogen) atoms. The molecule has 2 heterocycles. The van der Waals surface area contributed by atoms with Crippen molar-refractivity contribution in [2.24, 2.45) is 12.0 Å². The van der Waals surface area contributed by atoms with E-state index in [2.05, 4.69) is 29.3 Å². The summed E-state index contributed by atoms with van der Waals surface area (Å²) >= 11 is 0. The molecule has 10 heteroatoms. The Morgan fingerprint density at radius 1 is 1.41 bits per heavy atom. The molecular weight excluding hydrogens is 461 g/mol. The van der Waals surface area contributed by atoms with Crippen LogP contribution in [0.25, 0.3) is 0 Å². The van der Waals surface area contributed by atoms with Gasteiger partial charge in [0.25, 0.3) is 0 Å². The summed E-state index contributed by atoms with van der Waals surface area (Å²) < 4.78 is 1.68. The minimum atomic E-state index is -0.0752. The van der Waals surface area contributed by atoms with Crippen molar-refractivity contribution in [1.29, 1.82) is 0 Å². The highest BCUT2D eigenvalue weighted by atomic mass is 127. The third-order valence-corrected chi connectivity index (χ3v) is 4.37. The second-order valence-corrected chi connectivity index (χ2v) is 6.72. The fourth-order valence-corrected chi connectivity index (χ4v) is 2.52. The average Bonchev–Trinajstić information content (AvgIpc) is 3.03. The number of hydrogen-bond acceptors (Lipinski definition) is 4. The minimum Gasteiger partial charge on any atom is -0.354 e. The number of carbonyl (C=O) groups excluding carboxylic acids is 2. The lowest BCUT2D eigenvalue weighted by atomic mass is 10.2. The molecule has 1 fully saturated rings. The van der Waals surface area contributed by atoms with E-state index in [0.29, 0.717) is 19.0 Å². The van der Waals surface area contributed by atoms with Crippen molar-refractivity contribution in [1.82, 2.24) is 24.9 Å². The van der Waals surface area contributed by atoms with Gasteiger partial charge >= 0.3 is 0 Å². The Kier molecular flexibility index (Phi) is 9.00. The van der Waals surface area contributed by atoms with Crippen molar-refractivity contribution in [3.8, 4) is 0 Å². The molecule has 1 unspecified atom stereocenters. The van der Waals surface area contributed by atoms with Gasteiger partial charge in [0.05, 0.1) is 11.9 Å². The molecule has 1 aromatic rings. The highest BCUT2D eigenvalue weighted by molar-refractivity contribution is 14.0. The summed E-state index contributed by atoms with van der Waals surface area (Å²) in [6, 6.07) is 0.203. The van der Waals surface area contributed by atoms with Gasteiger partial charge < -0.3 is 20.0 Å². The molecule has 2 rings (SSSR count). The molecule has 1 aliphatic heterocycles. The van der Waals surface area contributed by atoms with Gasteiger partial charge in [-0.2, -0.15) is 5.10 Å². The number of rotatable bonds is 5. The van der Waals surface area contributed by atoms with Gasteiger partial charge in [0.2, 0.25) is 11.8 Å². The van der Waals surface area contributed by atoms with E-state index in [1.807, 2.05) is 18.1 Å². The molecule has 0 spiro atoms. The summed E-state index contributed by atoms with van der Waals surface area (Å²) in [4.78, 5) is 34.1. The average molecular weight is 491 g/mol. The summed E-state index contributed by atoms with van der Waals surface area (Å²) in [5.41, 5.74) is 0.799. The number of aryl methyl sites for hydroxylation is 1. The highest BCUT2D eigenvalue weighted by Gasteiger charge is 2.28. The van der Waals surface area contributed by atoms with E-state index in [1.165, 1.54) is 4.90 Å². The molecule has 1 N–H and O–H groups in total. The van der Waals surface area contributed by atoms with Crippen molar-refractivity contribution in [3.63, 3.8) is 0 Å². The Morgan fingerprint density at radius 3 is 2.63 bits per heavy atom. The molecule has 0 bridgehead atoms. The monoisotopic (exact) mass is 491 g/mol. The van der Waals surface area contributed by atoms with Gasteiger partial charge in [-0.3, -0.25) is 14.3 Å². The SMILES string of the molecule is CCC(C)NC(=NCC(=O)N(C)C)N1CCN(c2cnn(C)c2)C(=O)C1.I. The number of nitrogens with one attached hydrogen (secondary N) is 1. The Bertz CT molecular complexity index is 674. The summed E-state index contributed by atoms with van der Waals surface area (Å²) in [6.07, 6.45) is 4.44. The molecule has 1 atom stereocenters. The number of halogens is 1. The van der Waals surface area contributed by atoms with E-state index in [0.717, 1.165) is 12.1 Å². The van der Waals surface area contributed by atoms with Crippen LogP contribution < -0.4 is 10.2 Å². The van der Waals surface area contributed by atoms with Gasteiger partial charge in [-0.15, -0.1) is 24.0 Å². The number of anilines is 1. The van der Waals surface area contributed by atoms with E-state index in [4.69, 9.17) is 0 Å². The van der Waals surface area contributed by atoms with Crippen molar-refractivity contribution in [2.45, 2.75) is 26.3 Å². The number of guanidine groups is 1. The van der Waals surface area contributed by atoms with E-state index in [1.54, 1.807) is 29.9 Å². The Hall–Kier alpha value is -1.85. The number of likely N-dealkylation sites (N-methyl/N-ethyl adjacent to an activating group) is 1. The van der Waals surface area contributed by atoms with E-state index >= 15 is 0 Å². The topological polar surface area (TPSA) is 86.1 Å². The van der Waals surface area contributed by atoms with Crippen LogP contribution >= 0.6 is 24.0 Å². The third kappa shape index (κ3) is 6.36. The maximum Gasteiger partial charge on any atom is 0.246 e. The van der Waals surface area contributed by atoms with Gasteiger partial charge in [-0.1, -0.05) is 6.92 Å². The Morgan fingerprint density at radius 2 is 2.11 bits per heavy atom. The van der Waals surface area contributed by atoms with Gasteiger partial charge in [-0.05, 0) is 13.3 Å². The van der Waals surface area contributed by atoms with Gasteiger partial charge in [0, 0.05) is 46.5 Å². The normalized spacial score (nSPS) is 16.0.